The highest BCUT2D eigenvalue weighted by atomic mass is 35.5. The normalized spacial score (nSPS) is 56.2. The number of fused-ring (bicyclic) bond motifs is 2. The number of hydrogen-bond donors (Lipinski definition) is 1. The van der Waals surface area contributed by atoms with E-state index in [2.05, 4.69) is 20.8 Å². The van der Waals surface area contributed by atoms with Gasteiger partial charge in [0, 0.05) is 10.8 Å². The van der Waals surface area contributed by atoms with Crippen LogP contribution in [0.2, 0.25) is 0 Å². The van der Waals surface area contributed by atoms with Crippen LogP contribution >= 0.6 is 11.6 Å². The van der Waals surface area contributed by atoms with Crippen molar-refractivity contribution in [1.82, 2.24) is 0 Å². The third-order valence-electron chi connectivity index (χ3n) is 4.75. The van der Waals surface area contributed by atoms with Crippen LogP contribution in [0, 0.1) is 16.7 Å². The maximum atomic E-state index is 9.90. The molecule has 12 heavy (non-hydrogen) atoms. The van der Waals surface area contributed by atoms with Crippen LogP contribution in [0.1, 0.15) is 33.6 Å². The van der Waals surface area contributed by atoms with Crippen LogP contribution in [-0.2, 0) is 0 Å². The highest BCUT2D eigenvalue weighted by Gasteiger charge is 2.65. The Kier molecular flexibility index (Phi) is 1.61. The van der Waals surface area contributed by atoms with E-state index in [1.807, 2.05) is 0 Å². The smallest absolute Gasteiger partial charge is 0.0616 e. The molecule has 2 rings (SSSR count). The fraction of sp³-hybridized carbons (Fsp3) is 1.00. The van der Waals surface area contributed by atoms with E-state index in [1.165, 1.54) is 0 Å². The summed E-state index contributed by atoms with van der Waals surface area (Å²) < 4.78 is 0. The summed E-state index contributed by atoms with van der Waals surface area (Å²) in [7, 11) is 0. The number of aliphatic hydroxyl groups excluding tert-OH is 1. The zero-order chi connectivity index (χ0) is 9.15. The molecule has 0 spiro atoms. The average molecular weight is 189 g/mol. The zero-order valence-electron chi connectivity index (χ0n) is 7.97. The van der Waals surface area contributed by atoms with Crippen LogP contribution in [0.5, 0.6) is 0 Å². The minimum absolute atomic E-state index is 0.0563. The monoisotopic (exact) mass is 188 g/mol. The van der Waals surface area contributed by atoms with Gasteiger partial charge in [-0.05, 0) is 24.2 Å². The summed E-state index contributed by atoms with van der Waals surface area (Å²) in [6.45, 7) is 6.63. The Morgan fingerprint density at radius 1 is 1.25 bits per heavy atom. The minimum Gasteiger partial charge on any atom is -0.392 e. The summed E-state index contributed by atoms with van der Waals surface area (Å²) in [5.41, 5.74) is 0.165. The second kappa shape index (κ2) is 2.19. The van der Waals surface area contributed by atoms with Gasteiger partial charge in [-0.2, -0.15) is 0 Å². The molecule has 0 aromatic heterocycles. The zero-order valence-corrected chi connectivity index (χ0v) is 8.73. The van der Waals surface area contributed by atoms with Gasteiger partial charge in [0.15, 0.2) is 0 Å². The van der Waals surface area contributed by atoms with E-state index in [9.17, 15) is 5.11 Å². The molecule has 0 aromatic rings. The number of hydrogen-bond acceptors (Lipinski definition) is 1. The maximum Gasteiger partial charge on any atom is 0.0616 e. The third kappa shape index (κ3) is 0.706. The molecule has 0 unspecified atom stereocenters. The van der Waals surface area contributed by atoms with Gasteiger partial charge in [-0.1, -0.05) is 20.8 Å². The predicted octanol–water partition coefficient (Wildman–Crippen LogP) is 2.41. The Balaban J connectivity index is 2.44. The van der Waals surface area contributed by atoms with E-state index >= 15 is 0 Å². The standard InChI is InChI=1S/C10H17ClO/c1-9(2)6-4-7(11)10(9,3)8(12)5-6/h6-8,12H,4-5H2,1-3H3/t6-,7-,8+,10+/m0/s1. The largest absolute Gasteiger partial charge is 0.392 e. The molecule has 0 amide bonds. The SMILES string of the molecule is CC1(C)[C@@H]2C[C@@H](O)[C@@]1(C)[C@@H](Cl)C2. The first-order valence-electron chi connectivity index (χ1n) is 4.73. The van der Waals surface area contributed by atoms with Crippen molar-refractivity contribution in [3.05, 3.63) is 0 Å². The molecule has 2 aliphatic rings. The molecule has 0 aromatic carbocycles. The Morgan fingerprint density at radius 3 is 2.08 bits per heavy atom. The first-order valence-corrected chi connectivity index (χ1v) is 5.16. The van der Waals surface area contributed by atoms with E-state index in [0.717, 1.165) is 12.8 Å². The van der Waals surface area contributed by atoms with Gasteiger partial charge in [-0.15, -0.1) is 11.6 Å². The Morgan fingerprint density at radius 2 is 1.83 bits per heavy atom. The molecule has 4 atom stereocenters. The summed E-state index contributed by atoms with van der Waals surface area (Å²) in [4.78, 5) is 0. The molecule has 1 N–H and O–H groups in total. The molecular weight excluding hydrogens is 172 g/mol. The number of halogens is 1. The molecule has 0 heterocycles. The molecule has 1 nitrogen and oxygen atoms in total. The Bertz CT molecular complexity index is 200. The first kappa shape index (κ1) is 8.83. The summed E-state index contributed by atoms with van der Waals surface area (Å²) in [6, 6.07) is 0. The van der Waals surface area contributed by atoms with Crippen molar-refractivity contribution in [2.45, 2.75) is 45.1 Å². The van der Waals surface area contributed by atoms with Gasteiger partial charge < -0.3 is 5.11 Å². The lowest BCUT2D eigenvalue weighted by Gasteiger charge is -2.39. The van der Waals surface area contributed by atoms with E-state index in [4.69, 9.17) is 11.6 Å². The van der Waals surface area contributed by atoms with E-state index in [1.54, 1.807) is 0 Å². The van der Waals surface area contributed by atoms with Crippen LogP contribution < -0.4 is 0 Å². The van der Waals surface area contributed by atoms with Crippen molar-refractivity contribution in [2.24, 2.45) is 16.7 Å². The van der Waals surface area contributed by atoms with Gasteiger partial charge >= 0.3 is 0 Å². The van der Waals surface area contributed by atoms with Crippen molar-refractivity contribution in [1.29, 1.82) is 0 Å². The van der Waals surface area contributed by atoms with Gasteiger partial charge in [0.2, 0.25) is 0 Å². The summed E-state index contributed by atoms with van der Waals surface area (Å²) in [5, 5.41) is 10.1. The second-order valence-electron chi connectivity index (χ2n) is 5.16. The fourth-order valence-electron chi connectivity index (χ4n) is 3.18. The Hall–Kier alpha value is 0.250. The van der Waals surface area contributed by atoms with Crippen molar-refractivity contribution in [3.63, 3.8) is 0 Å². The minimum atomic E-state index is -0.186. The molecule has 0 saturated heterocycles. The third-order valence-corrected chi connectivity index (χ3v) is 5.38. The summed E-state index contributed by atoms with van der Waals surface area (Å²) in [6.07, 6.45) is 1.85. The van der Waals surface area contributed by atoms with Gasteiger partial charge in [0.1, 0.15) is 0 Å². The molecule has 2 bridgehead atoms. The van der Waals surface area contributed by atoms with Crippen LogP contribution in [0.15, 0.2) is 0 Å². The number of rotatable bonds is 0. The van der Waals surface area contributed by atoms with Crippen LogP contribution in [0.25, 0.3) is 0 Å². The van der Waals surface area contributed by atoms with E-state index < -0.39 is 0 Å². The van der Waals surface area contributed by atoms with E-state index in [-0.39, 0.29) is 22.3 Å². The molecule has 2 saturated carbocycles. The van der Waals surface area contributed by atoms with Gasteiger partial charge in [0.05, 0.1) is 6.10 Å². The highest BCUT2D eigenvalue weighted by molar-refractivity contribution is 6.21. The maximum absolute atomic E-state index is 9.90. The number of aliphatic hydroxyl groups is 1. The predicted molar refractivity (Wildman–Crippen MR) is 50.3 cm³/mol. The molecular formula is C10H17ClO. The molecule has 2 fully saturated rings. The molecule has 0 radical (unpaired) electrons. The first-order chi connectivity index (χ1) is 5.40. The van der Waals surface area contributed by atoms with Gasteiger partial charge in [0.25, 0.3) is 0 Å². The lowest BCUT2D eigenvalue weighted by atomic mass is 9.70. The molecule has 70 valence electrons. The molecule has 2 aliphatic carbocycles. The van der Waals surface area contributed by atoms with Crippen molar-refractivity contribution >= 4 is 11.6 Å². The number of alkyl halides is 1. The van der Waals surface area contributed by atoms with Crippen LogP contribution in [0.3, 0.4) is 0 Å². The topological polar surface area (TPSA) is 20.2 Å². The van der Waals surface area contributed by atoms with Crippen LogP contribution in [-0.4, -0.2) is 16.6 Å². The highest BCUT2D eigenvalue weighted by Crippen LogP contribution is 2.66. The van der Waals surface area contributed by atoms with E-state index in [0.29, 0.717) is 5.92 Å². The lowest BCUT2D eigenvalue weighted by Crippen LogP contribution is -2.41. The lowest BCUT2D eigenvalue weighted by molar-refractivity contribution is 0.0156. The molecule has 2 heteroatoms. The second-order valence-corrected chi connectivity index (χ2v) is 5.68. The molecule has 0 aliphatic heterocycles. The fourth-order valence-corrected chi connectivity index (χ4v) is 3.82. The average Bonchev–Trinajstić information content (AvgIpc) is 2.20. The van der Waals surface area contributed by atoms with Crippen molar-refractivity contribution in [2.75, 3.05) is 0 Å². The summed E-state index contributed by atoms with van der Waals surface area (Å²) in [5.74, 6) is 0.625. The quantitative estimate of drug-likeness (QED) is 0.579. The van der Waals surface area contributed by atoms with Gasteiger partial charge in [-0.3, -0.25) is 0 Å². The van der Waals surface area contributed by atoms with Gasteiger partial charge in [-0.25, -0.2) is 0 Å². The van der Waals surface area contributed by atoms with Crippen LogP contribution in [0.4, 0.5) is 0 Å². The van der Waals surface area contributed by atoms with Crippen molar-refractivity contribution in [3.8, 4) is 0 Å². The Labute approximate surface area is 79.1 Å². The van der Waals surface area contributed by atoms with Crippen molar-refractivity contribution < 1.29 is 5.11 Å². The summed E-state index contributed by atoms with van der Waals surface area (Å²) >= 11 is 6.27.